The topological polar surface area (TPSA) is 68.2 Å². The zero-order valence-corrected chi connectivity index (χ0v) is 15.9. The van der Waals surface area contributed by atoms with Crippen molar-refractivity contribution >= 4 is 5.97 Å². The van der Waals surface area contributed by atoms with Gasteiger partial charge in [0.15, 0.2) is 11.5 Å². The molecular weight excluding hydrogens is 346 g/mol. The third-order valence-corrected chi connectivity index (χ3v) is 5.82. The predicted octanol–water partition coefficient (Wildman–Crippen LogP) is 2.52. The molecule has 0 radical (unpaired) electrons. The van der Waals surface area contributed by atoms with Crippen LogP contribution in [0.4, 0.5) is 0 Å². The molecule has 2 heterocycles. The van der Waals surface area contributed by atoms with E-state index in [1.54, 1.807) is 0 Å². The summed E-state index contributed by atoms with van der Waals surface area (Å²) in [6, 6.07) is 3.97. The van der Waals surface area contributed by atoms with Crippen LogP contribution in [0.5, 0.6) is 11.5 Å². The third-order valence-electron chi connectivity index (χ3n) is 5.82. The van der Waals surface area contributed by atoms with Crippen LogP contribution in [0.2, 0.25) is 0 Å². The van der Waals surface area contributed by atoms with E-state index in [4.69, 9.17) is 14.2 Å². The van der Waals surface area contributed by atoms with Crippen LogP contribution in [0, 0.1) is 0 Å². The highest BCUT2D eigenvalue weighted by Crippen LogP contribution is 2.55. The maximum Gasteiger partial charge on any atom is 0.308 e. The van der Waals surface area contributed by atoms with Crippen LogP contribution in [-0.2, 0) is 21.5 Å². The Morgan fingerprint density at radius 1 is 1.44 bits per heavy atom. The maximum atomic E-state index is 11.6. The number of carbonyl (C=O) groups excluding carboxylic acids is 1. The minimum atomic E-state index is -0.487. The van der Waals surface area contributed by atoms with E-state index in [9.17, 15) is 9.90 Å². The zero-order chi connectivity index (χ0) is 19.0. The molecule has 1 aliphatic carbocycles. The van der Waals surface area contributed by atoms with E-state index in [-0.39, 0.29) is 24.3 Å². The summed E-state index contributed by atoms with van der Waals surface area (Å²) >= 11 is 0. The molecule has 0 saturated heterocycles. The summed E-state index contributed by atoms with van der Waals surface area (Å²) < 4.78 is 17.2. The van der Waals surface area contributed by atoms with E-state index in [0.29, 0.717) is 18.6 Å². The van der Waals surface area contributed by atoms with Crippen molar-refractivity contribution in [3.05, 3.63) is 35.4 Å². The molecule has 146 valence electrons. The van der Waals surface area contributed by atoms with Crippen LogP contribution < -0.4 is 9.47 Å². The van der Waals surface area contributed by atoms with E-state index in [1.807, 2.05) is 19.1 Å². The Labute approximate surface area is 159 Å². The first-order valence-electron chi connectivity index (χ1n) is 9.71. The van der Waals surface area contributed by atoms with Gasteiger partial charge in [-0.2, -0.15) is 0 Å². The number of esters is 1. The van der Waals surface area contributed by atoms with Crippen molar-refractivity contribution in [2.75, 3.05) is 20.4 Å². The number of aliphatic hydroxyl groups excluding tert-OH is 1. The van der Waals surface area contributed by atoms with Crippen LogP contribution in [0.3, 0.4) is 0 Å². The van der Waals surface area contributed by atoms with Gasteiger partial charge >= 0.3 is 5.97 Å². The van der Waals surface area contributed by atoms with Gasteiger partial charge in [-0.15, -0.1) is 0 Å². The highest BCUT2D eigenvalue weighted by atomic mass is 16.7. The Bertz CT molecular complexity index is 761. The summed E-state index contributed by atoms with van der Waals surface area (Å²) in [7, 11) is 2.12. The number of hydrogen-bond donors (Lipinski definition) is 1. The largest absolute Gasteiger partial charge is 0.485 e. The molecular formula is C21H27NO5. The molecule has 1 aromatic carbocycles. The Morgan fingerprint density at radius 2 is 2.30 bits per heavy atom. The van der Waals surface area contributed by atoms with Crippen molar-refractivity contribution in [1.82, 2.24) is 4.90 Å². The smallest absolute Gasteiger partial charge is 0.308 e. The zero-order valence-electron chi connectivity index (χ0n) is 15.9. The number of nitrogens with zero attached hydrogens (tertiary/aromatic N) is 1. The van der Waals surface area contributed by atoms with Crippen molar-refractivity contribution in [2.45, 2.75) is 56.8 Å². The number of carbonyl (C=O) groups is 1. The first-order valence-corrected chi connectivity index (χ1v) is 9.71. The Hall–Kier alpha value is -2.05. The van der Waals surface area contributed by atoms with E-state index < -0.39 is 6.10 Å². The lowest BCUT2D eigenvalue weighted by molar-refractivity contribution is -0.150. The molecule has 0 fully saturated rings. The molecule has 3 aliphatic rings. The molecule has 6 heteroatoms. The van der Waals surface area contributed by atoms with Gasteiger partial charge in [0.05, 0.1) is 11.5 Å². The second kappa shape index (κ2) is 7.17. The van der Waals surface area contributed by atoms with Crippen molar-refractivity contribution in [3.8, 4) is 11.5 Å². The number of hydrogen-bond acceptors (Lipinski definition) is 6. The summed E-state index contributed by atoms with van der Waals surface area (Å²) in [5.41, 5.74) is 2.16. The van der Waals surface area contributed by atoms with Crippen molar-refractivity contribution in [3.63, 3.8) is 0 Å². The fourth-order valence-electron chi connectivity index (χ4n) is 4.47. The average Bonchev–Trinajstić information content (AvgIpc) is 2.89. The Morgan fingerprint density at radius 3 is 3.11 bits per heavy atom. The van der Waals surface area contributed by atoms with Gasteiger partial charge in [0, 0.05) is 24.9 Å². The molecule has 3 atom stereocenters. The summed E-state index contributed by atoms with van der Waals surface area (Å²) in [4.78, 5) is 13.9. The highest BCUT2D eigenvalue weighted by Gasteiger charge is 2.52. The van der Waals surface area contributed by atoms with E-state index in [1.165, 1.54) is 5.56 Å². The van der Waals surface area contributed by atoms with Crippen molar-refractivity contribution in [1.29, 1.82) is 0 Å². The molecule has 2 aliphatic heterocycles. The van der Waals surface area contributed by atoms with Crippen LogP contribution in [0.25, 0.3) is 0 Å². The molecule has 1 N–H and O–H groups in total. The van der Waals surface area contributed by atoms with Gasteiger partial charge in [0.1, 0.15) is 6.10 Å². The van der Waals surface area contributed by atoms with Gasteiger partial charge in [-0.3, -0.25) is 4.79 Å². The molecule has 0 bridgehead atoms. The van der Waals surface area contributed by atoms with E-state index in [0.717, 1.165) is 37.2 Å². The Kier molecular flexibility index (Phi) is 4.86. The monoisotopic (exact) mass is 373 g/mol. The maximum absolute atomic E-state index is 11.6. The first kappa shape index (κ1) is 18.3. The lowest BCUT2D eigenvalue weighted by Gasteiger charge is -2.35. The molecule has 0 amide bonds. The van der Waals surface area contributed by atoms with Crippen LogP contribution >= 0.6 is 0 Å². The molecule has 4 rings (SSSR count). The Balaban J connectivity index is 1.66. The molecule has 1 aromatic rings. The van der Waals surface area contributed by atoms with E-state index in [2.05, 4.69) is 24.1 Å². The summed E-state index contributed by atoms with van der Waals surface area (Å²) in [6.45, 7) is 3.62. The fourth-order valence-corrected chi connectivity index (χ4v) is 4.47. The van der Waals surface area contributed by atoms with Gasteiger partial charge < -0.3 is 24.2 Å². The number of aliphatic hydroxyl groups is 1. The summed E-state index contributed by atoms with van der Waals surface area (Å²) in [5, 5.41) is 10.1. The summed E-state index contributed by atoms with van der Waals surface area (Å²) in [5.74, 6) is 1.07. The molecule has 3 unspecified atom stereocenters. The third kappa shape index (κ3) is 3.21. The number of rotatable bonds is 5. The summed E-state index contributed by atoms with van der Waals surface area (Å²) in [6.07, 6.45) is 6.07. The van der Waals surface area contributed by atoms with Gasteiger partial charge in [-0.1, -0.05) is 25.1 Å². The van der Waals surface area contributed by atoms with Gasteiger partial charge in [-0.05, 0) is 38.1 Å². The van der Waals surface area contributed by atoms with Crippen molar-refractivity contribution < 1.29 is 24.1 Å². The molecule has 27 heavy (non-hydrogen) atoms. The van der Waals surface area contributed by atoms with Crippen molar-refractivity contribution in [2.24, 2.45) is 0 Å². The molecule has 0 aromatic heterocycles. The molecule has 6 nitrogen and oxygen atoms in total. The second-order valence-electron chi connectivity index (χ2n) is 7.75. The van der Waals surface area contributed by atoms with E-state index >= 15 is 0 Å². The number of benzene rings is 1. The number of ether oxygens (including phenoxy) is 3. The first-order chi connectivity index (χ1) is 13.0. The minimum Gasteiger partial charge on any atom is -0.485 e. The average molecular weight is 373 g/mol. The SMILES string of the molecule is CCCC(=O)OCOc1ccc2c3c1OC1CC(O)C=CC31CCN(C)C2. The quantitative estimate of drug-likeness (QED) is 0.486. The lowest BCUT2D eigenvalue weighted by atomic mass is 9.69. The predicted molar refractivity (Wildman–Crippen MR) is 99.7 cm³/mol. The van der Waals surface area contributed by atoms with Gasteiger partial charge in [-0.25, -0.2) is 0 Å². The minimum absolute atomic E-state index is 0.106. The van der Waals surface area contributed by atoms with Crippen LogP contribution in [0.15, 0.2) is 24.3 Å². The van der Waals surface area contributed by atoms with Gasteiger partial charge in [0.2, 0.25) is 6.79 Å². The van der Waals surface area contributed by atoms with Crippen LogP contribution in [-0.4, -0.2) is 48.6 Å². The molecule has 1 spiro atoms. The standard InChI is InChI=1S/C21H27NO5/c1-3-4-18(24)26-13-25-16-6-5-14-12-22(2)10-9-21-8-7-15(23)11-17(21)27-20(16)19(14)21/h5-8,15,17,23H,3-4,9-13H2,1-2H3. The normalized spacial score (nSPS) is 28.7. The fraction of sp³-hybridized carbons (Fsp3) is 0.571. The highest BCUT2D eigenvalue weighted by molar-refractivity contribution is 5.69. The van der Waals surface area contributed by atoms with Gasteiger partial charge in [0.25, 0.3) is 0 Å². The lowest BCUT2D eigenvalue weighted by Crippen LogP contribution is -2.42. The van der Waals surface area contributed by atoms with Crippen LogP contribution in [0.1, 0.15) is 43.7 Å². The second-order valence-corrected chi connectivity index (χ2v) is 7.75. The molecule has 0 saturated carbocycles.